The van der Waals surface area contributed by atoms with Gasteiger partial charge in [-0.25, -0.2) is 19.2 Å². The van der Waals surface area contributed by atoms with E-state index < -0.39 is 23.9 Å². The fourth-order valence-corrected chi connectivity index (χ4v) is 4.90. The van der Waals surface area contributed by atoms with Crippen LogP contribution >= 0.6 is 0 Å². The molecule has 0 bridgehead atoms. The number of carbonyl (C=O) groups is 4. The first kappa shape index (κ1) is 37.0. The number of hydrogen-bond donors (Lipinski definition) is 6. The molecular weight excluding hydrogens is 713 g/mol. The van der Waals surface area contributed by atoms with Gasteiger partial charge in [-0.3, -0.25) is 19.9 Å². The number of aliphatic hydroxyl groups excluding tert-OH is 2. The number of hydrogen-bond acceptors (Lipinski definition) is 10. The SMILES string of the molecule is CC(O)CC(C)O.O=C(O)c1ccnc2c1ccc1c(C(=O)O)ccnc12.O=C(O)c1ccnc2c1ccc1c(C(=O)O)ccnc12.[Ru+]. The minimum Gasteiger partial charge on any atom is -0.478 e. The molecule has 0 aliphatic heterocycles. The number of benzene rings is 2. The molecule has 0 saturated carbocycles. The summed E-state index contributed by atoms with van der Waals surface area (Å²) in [5.74, 6) is -4.26. The van der Waals surface area contributed by atoms with Gasteiger partial charge in [0, 0.05) is 46.3 Å². The van der Waals surface area contributed by atoms with Crippen molar-refractivity contribution in [2.45, 2.75) is 32.5 Å². The van der Waals surface area contributed by atoms with Crippen molar-refractivity contribution in [1.29, 1.82) is 0 Å². The summed E-state index contributed by atoms with van der Waals surface area (Å²) in [6.45, 7) is 3.32. The monoisotopic (exact) mass is 742 g/mol. The maximum absolute atomic E-state index is 11.2. The minimum absolute atomic E-state index is 0. The van der Waals surface area contributed by atoms with E-state index in [4.69, 9.17) is 30.6 Å². The third-order valence-electron chi connectivity index (χ3n) is 6.85. The van der Waals surface area contributed by atoms with Gasteiger partial charge in [-0.05, 0) is 44.5 Å². The first-order valence-electron chi connectivity index (χ1n) is 13.9. The van der Waals surface area contributed by atoms with E-state index in [0.29, 0.717) is 50.0 Å². The Labute approximate surface area is 284 Å². The maximum Gasteiger partial charge on any atom is 1.00 e. The Kier molecular flexibility index (Phi) is 12.2. The van der Waals surface area contributed by atoms with Crippen LogP contribution in [-0.4, -0.2) is 86.7 Å². The van der Waals surface area contributed by atoms with Crippen LogP contribution in [-0.2, 0) is 19.5 Å². The van der Waals surface area contributed by atoms with Crippen molar-refractivity contribution in [2.24, 2.45) is 0 Å². The smallest absolute Gasteiger partial charge is 0.478 e. The van der Waals surface area contributed by atoms with Gasteiger partial charge in [0.05, 0.1) is 56.5 Å². The van der Waals surface area contributed by atoms with Crippen LogP contribution in [0.2, 0.25) is 0 Å². The summed E-state index contributed by atoms with van der Waals surface area (Å²) in [5, 5.41) is 55.5. The predicted molar refractivity (Wildman–Crippen MR) is 170 cm³/mol. The zero-order valence-electron chi connectivity index (χ0n) is 25.2. The molecule has 0 spiro atoms. The molecule has 0 fully saturated rings. The molecule has 0 aliphatic rings. The average Bonchev–Trinajstić information content (AvgIpc) is 3.03. The van der Waals surface area contributed by atoms with Crippen LogP contribution in [0.15, 0.2) is 73.3 Å². The third-order valence-corrected chi connectivity index (χ3v) is 6.85. The molecule has 0 saturated heterocycles. The molecule has 2 aromatic carbocycles. The molecule has 247 valence electrons. The quantitative estimate of drug-likeness (QED) is 0.102. The number of aromatic carboxylic acids is 4. The molecule has 0 amide bonds. The van der Waals surface area contributed by atoms with Gasteiger partial charge in [0.1, 0.15) is 0 Å². The second-order valence-electron chi connectivity index (χ2n) is 10.3. The fraction of sp³-hybridized carbons (Fsp3) is 0.152. The van der Waals surface area contributed by atoms with Crippen LogP contribution in [0.3, 0.4) is 0 Å². The first-order chi connectivity index (χ1) is 22.3. The molecule has 48 heavy (non-hydrogen) atoms. The standard InChI is InChI=1S/2C14H8N2O4.C5H12O2.Ru/c2*17-13(18)9-3-5-15-11-7(9)1-2-8-10(14(19)20)4-6-16-12(8)11;1-4(6)3-5(2)7;/h2*1-6H,(H,17,18)(H,19,20);4-7H,3H2,1-2H3;/q;;;+1. The van der Waals surface area contributed by atoms with Crippen LogP contribution in [0.1, 0.15) is 61.7 Å². The zero-order valence-corrected chi connectivity index (χ0v) is 27.0. The second kappa shape index (κ2) is 15.9. The Balaban J connectivity index is 0.000000215. The van der Waals surface area contributed by atoms with Crippen molar-refractivity contribution in [2.75, 3.05) is 0 Å². The van der Waals surface area contributed by atoms with Gasteiger partial charge in [-0.2, -0.15) is 0 Å². The van der Waals surface area contributed by atoms with E-state index in [1.165, 1.54) is 49.1 Å². The Bertz CT molecular complexity index is 1870. The van der Waals surface area contributed by atoms with Gasteiger partial charge >= 0.3 is 43.4 Å². The van der Waals surface area contributed by atoms with Crippen molar-refractivity contribution >= 4 is 67.5 Å². The predicted octanol–water partition coefficient (Wildman–Crippen LogP) is 4.49. The molecule has 0 aliphatic carbocycles. The molecule has 4 heterocycles. The van der Waals surface area contributed by atoms with E-state index in [9.17, 15) is 19.2 Å². The Hall–Kier alpha value is -5.50. The number of nitrogens with zero attached hydrogens (tertiary/aromatic N) is 4. The van der Waals surface area contributed by atoms with Crippen LogP contribution in [0.5, 0.6) is 0 Å². The molecule has 6 rings (SSSR count). The number of aromatic nitrogens is 4. The van der Waals surface area contributed by atoms with E-state index in [1.54, 1.807) is 38.1 Å². The molecule has 1 radical (unpaired) electrons. The van der Waals surface area contributed by atoms with E-state index in [2.05, 4.69) is 19.9 Å². The van der Waals surface area contributed by atoms with Gasteiger partial charge < -0.3 is 30.6 Å². The van der Waals surface area contributed by atoms with Gasteiger partial charge in [-0.1, -0.05) is 24.3 Å². The molecule has 14 nitrogen and oxygen atoms in total. The van der Waals surface area contributed by atoms with Gasteiger partial charge in [0.15, 0.2) is 0 Å². The summed E-state index contributed by atoms with van der Waals surface area (Å²) < 4.78 is 0. The second-order valence-corrected chi connectivity index (χ2v) is 10.3. The summed E-state index contributed by atoms with van der Waals surface area (Å²) in [5.41, 5.74) is 1.96. The van der Waals surface area contributed by atoms with Gasteiger partial charge in [0.2, 0.25) is 0 Å². The average molecular weight is 742 g/mol. The molecule has 2 atom stereocenters. The summed E-state index contributed by atoms with van der Waals surface area (Å²) in [6, 6.07) is 11.8. The van der Waals surface area contributed by atoms with Crippen molar-refractivity contribution in [3.8, 4) is 0 Å². The molecule has 6 aromatic rings. The van der Waals surface area contributed by atoms with Crippen LogP contribution in [0.4, 0.5) is 0 Å². The van der Waals surface area contributed by atoms with Gasteiger partial charge in [-0.15, -0.1) is 0 Å². The van der Waals surface area contributed by atoms with E-state index in [0.717, 1.165) is 0 Å². The molecule has 15 heteroatoms. The molecular formula is C33H28N4O10Ru+. The van der Waals surface area contributed by atoms with E-state index in [1.807, 2.05) is 0 Å². The largest absolute Gasteiger partial charge is 1.00 e. The number of fused-ring (bicyclic) bond motifs is 6. The van der Waals surface area contributed by atoms with Crippen molar-refractivity contribution in [3.63, 3.8) is 0 Å². The molecule has 4 aromatic heterocycles. The minimum atomic E-state index is -1.06. The first-order valence-corrected chi connectivity index (χ1v) is 13.9. The van der Waals surface area contributed by atoms with Crippen molar-refractivity contribution < 1.29 is 69.3 Å². The Morgan fingerprint density at radius 1 is 0.479 bits per heavy atom. The summed E-state index contributed by atoms with van der Waals surface area (Å²) >= 11 is 0. The Morgan fingerprint density at radius 3 is 0.833 bits per heavy atom. The summed E-state index contributed by atoms with van der Waals surface area (Å²) in [4.78, 5) is 61.3. The number of pyridine rings is 4. The molecule has 2 unspecified atom stereocenters. The normalized spacial score (nSPS) is 11.8. The number of aliphatic hydroxyl groups is 2. The third kappa shape index (κ3) is 8.07. The number of carboxylic acid groups (broad SMARTS) is 4. The summed E-state index contributed by atoms with van der Waals surface area (Å²) in [7, 11) is 0. The summed E-state index contributed by atoms with van der Waals surface area (Å²) in [6.07, 6.45) is 5.22. The molecule has 6 N–H and O–H groups in total. The van der Waals surface area contributed by atoms with Crippen LogP contribution in [0.25, 0.3) is 43.6 Å². The number of rotatable bonds is 6. The topological polar surface area (TPSA) is 241 Å². The van der Waals surface area contributed by atoms with E-state index >= 15 is 0 Å². The van der Waals surface area contributed by atoms with Crippen molar-refractivity contribution in [3.05, 3.63) is 95.6 Å². The van der Waals surface area contributed by atoms with Gasteiger partial charge in [0.25, 0.3) is 0 Å². The van der Waals surface area contributed by atoms with Crippen LogP contribution in [0, 0.1) is 0 Å². The van der Waals surface area contributed by atoms with Crippen molar-refractivity contribution in [1.82, 2.24) is 19.9 Å². The van der Waals surface area contributed by atoms with E-state index in [-0.39, 0.29) is 53.9 Å². The zero-order chi connectivity index (χ0) is 34.4. The fourth-order valence-electron chi connectivity index (χ4n) is 4.90. The maximum atomic E-state index is 11.2. The number of carboxylic acids is 4. The van der Waals surface area contributed by atoms with Crippen LogP contribution < -0.4 is 0 Å². The Morgan fingerprint density at radius 2 is 0.688 bits per heavy atom.